The second kappa shape index (κ2) is 6.44. The molecule has 0 aliphatic carbocycles. The van der Waals surface area contributed by atoms with Crippen LogP contribution in [0.3, 0.4) is 0 Å². The zero-order valence-corrected chi connectivity index (χ0v) is 10.5. The lowest BCUT2D eigenvalue weighted by atomic mass is 10.2. The Bertz CT molecular complexity index is 360. The Balaban J connectivity index is 2.71. The van der Waals surface area contributed by atoms with Crippen molar-refractivity contribution in [3.63, 3.8) is 0 Å². The van der Waals surface area contributed by atoms with Crippen molar-refractivity contribution in [3.8, 4) is 5.75 Å². The number of nitrogens with two attached hydrogens (primary N) is 1. The first-order valence-corrected chi connectivity index (χ1v) is 5.74. The fourth-order valence-electron chi connectivity index (χ4n) is 1.22. The van der Waals surface area contributed by atoms with Gasteiger partial charge in [0.25, 0.3) is 5.91 Å². The number of halogens is 1. The van der Waals surface area contributed by atoms with Crippen molar-refractivity contribution in [2.45, 2.75) is 25.9 Å². The minimum absolute atomic E-state index is 0.332. The number of hydrogen-bond acceptors (Lipinski definition) is 4. The number of pyridine rings is 1. The zero-order valence-electron chi connectivity index (χ0n) is 8.94. The summed E-state index contributed by atoms with van der Waals surface area (Å²) in [5.41, 5.74) is 2.09. The number of amides is 1. The minimum atomic E-state index is -0.578. The maximum absolute atomic E-state index is 11.4. The largest absolute Gasteiger partial charge is 0.479 e. The maximum atomic E-state index is 11.4. The van der Waals surface area contributed by atoms with E-state index in [4.69, 9.17) is 10.6 Å². The van der Waals surface area contributed by atoms with Gasteiger partial charge in [-0.1, -0.05) is 13.3 Å². The van der Waals surface area contributed by atoms with E-state index in [-0.39, 0.29) is 5.91 Å². The summed E-state index contributed by atoms with van der Waals surface area (Å²) in [7, 11) is 0. The summed E-state index contributed by atoms with van der Waals surface area (Å²) < 4.78 is 6.30. The molecule has 0 spiro atoms. The molecule has 3 N–H and O–H groups in total. The highest BCUT2D eigenvalue weighted by atomic mass is 79.9. The van der Waals surface area contributed by atoms with E-state index in [1.54, 1.807) is 18.5 Å². The van der Waals surface area contributed by atoms with Crippen LogP contribution < -0.4 is 16.0 Å². The average molecular weight is 288 g/mol. The molecule has 1 aromatic heterocycles. The SMILES string of the molecule is CCCC(Oc1cncc(Br)c1)C(=O)NN. The van der Waals surface area contributed by atoms with E-state index in [1.807, 2.05) is 6.92 Å². The summed E-state index contributed by atoms with van der Waals surface area (Å²) in [6.07, 6.45) is 4.06. The van der Waals surface area contributed by atoms with Gasteiger partial charge in [-0.2, -0.15) is 0 Å². The molecule has 0 radical (unpaired) electrons. The van der Waals surface area contributed by atoms with E-state index in [0.29, 0.717) is 12.2 Å². The number of nitrogens with zero attached hydrogens (tertiary/aromatic N) is 1. The molecule has 1 amide bonds. The summed E-state index contributed by atoms with van der Waals surface area (Å²) >= 11 is 3.28. The van der Waals surface area contributed by atoms with Crippen LogP contribution in [0, 0.1) is 0 Å². The molecule has 1 unspecified atom stereocenters. The van der Waals surface area contributed by atoms with E-state index in [1.165, 1.54) is 0 Å². The molecule has 0 aromatic carbocycles. The topological polar surface area (TPSA) is 77.2 Å². The number of carbonyl (C=O) groups is 1. The highest BCUT2D eigenvalue weighted by Crippen LogP contribution is 2.18. The summed E-state index contributed by atoms with van der Waals surface area (Å²) in [4.78, 5) is 15.3. The molecule has 1 aromatic rings. The van der Waals surface area contributed by atoms with Crippen LogP contribution in [0.2, 0.25) is 0 Å². The average Bonchev–Trinajstić information content (AvgIpc) is 2.27. The predicted molar refractivity (Wildman–Crippen MR) is 63.6 cm³/mol. The molecule has 0 aliphatic heterocycles. The number of aromatic nitrogens is 1. The monoisotopic (exact) mass is 287 g/mol. The molecule has 0 aliphatic rings. The van der Waals surface area contributed by atoms with Crippen molar-refractivity contribution < 1.29 is 9.53 Å². The summed E-state index contributed by atoms with van der Waals surface area (Å²) in [6.45, 7) is 1.97. The second-order valence-corrected chi connectivity index (χ2v) is 4.16. The lowest BCUT2D eigenvalue weighted by Gasteiger charge is -2.16. The standard InChI is InChI=1S/C10H14BrN3O2/c1-2-3-9(10(15)14-12)16-8-4-7(11)5-13-6-8/h4-6,9H,2-3,12H2,1H3,(H,14,15). The van der Waals surface area contributed by atoms with Gasteiger partial charge in [0.05, 0.1) is 6.20 Å². The number of ether oxygens (including phenoxy) is 1. The van der Waals surface area contributed by atoms with Gasteiger partial charge in [-0.15, -0.1) is 0 Å². The smallest absolute Gasteiger partial charge is 0.274 e. The lowest BCUT2D eigenvalue weighted by Crippen LogP contribution is -2.42. The van der Waals surface area contributed by atoms with Gasteiger partial charge >= 0.3 is 0 Å². The zero-order chi connectivity index (χ0) is 12.0. The molecule has 1 rings (SSSR count). The van der Waals surface area contributed by atoms with E-state index < -0.39 is 6.10 Å². The molecular formula is C10H14BrN3O2. The molecule has 1 atom stereocenters. The van der Waals surface area contributed by atoms with Crippen molar-refractivity contribution in [2.75, 3.05) is 0 Å². The maximum Gasteiger partial charge on any atom is 0.274 e. The first kappa shape index (κ1) is 12.9. The summed E-state index contributed by atoms with van der Waals surface area (Å²) in [5.74, 6) is 5.29. The second-order valence-electron chi connectivity index (χ2n) is 3.24. The summed E-state index contributed by atoms with van der Waals surface area (Å²) in [6, 6.07) is 1.75. The third-order valence-corrected chi connectivity index (χ3v) is 2.38. The Morgan fingerprint density at radius 1 is 1.69 bits per heavy atom. The Morgan fingerprint density at radius 3 is 3.00 bits per heavy atom. The third-order valence-electron chi connectivity index (χ3n) is 1.94. The van der Waals surface area contributed by atoms with Crippen LogP contribution in [-0.2, 0) is 4.79 Å². The number of carbonyl (C=O) groups excluding carboxylic acids is 1. The molecule has 0 saturated carbocycles. The molecule has 0 bridgehead atoms. The molecule has 6 heteroatoms. The van der Waals surface area contributed by atoms with Crippen molar-refractivity contribution >= 4 is 21.8 Å². The van der Waals surface area contributed by atoms with Crippen LogP contribution in [0.1, 0.15) is 19.8 Å². The summed E-state index contributed by atoms with van der Waals surface area (Å²) in [5, 5.41) is 0. The number of hydrogen-bond donors (Lipinski definition) is 2. The molecular weight excluding hydrogens is 274 g/mol. The highest BCUT2D eigenvalue weighted by Gasteiger charge is 2.18. The Morgan fingerprint density at radius 2 is 2.44 bits per heavy atom. The highest BCUT2D eigenvalue weighted by molar-refractivity contribution is 9.10. The fraction of sp³-hybridized carbons (Fsp3) is 0.400. The van der Waals surface area contributed by atoms with Crippen molar-refractivity contribution in [1.29, 1.82) is 0 Å². The van der Waals surface area contributed by atoms with Gasteiger partial charge in [-0.25, -0.2) is 5.84 Å². The molecule has 1 heterocycles. The van der Waals surface area contributed by atoms with E-state index in [9.17, 15) is 4.79 Å². The first-order valence-electron chi connectivity index (χ1n) is 4.95. The van der Waals surface area contributed by atoms with Crippen LogP contribution in [-0.4, -0.2) is 17.0 Å². The van der Waals surface area contributed by atoms with Gasteiger partial charge in [0.1, 0.15) is 5.75 Å². The Kier molecular flexibility index (Phi) is 5.21. The molecule has 0 saturated heterocycles. The first-order chi connectivity index (χ1) is 7.67. The number of nitrogens with one attached hydrogen (secondary N) is 1. The van der Waals surface area contributed by atoms with Crippen LogP contribution >= 0.6 is 15.9 Å². The Hall–Kier alpha value is -1.14. The third kappa shape index (κ3) is 3.79. The van der Waals surface area contributed by atoms with Crippen LogP contribution in [0.25, 0.3) is 0 Å². The van der Waals surface area contributed by atoms with Gasteiger partial charge in [-0.3, -0.25) is 15.2 Å². The lowest BCUT2D eigenvalue weighted by molar-refractivity contribution is -0.128. The normalized spacial score (nSPS) is 11.9. The number of rotatable bonds is 5. The molecule has 0 fully saturated rings. The van der Waals surface area contributed by atoms with Gasteiger partial charge < -0.3 is 4.74 Å². The van der Waals surface area contributed by atoms with Gasteiger partial charge in [-0.05, 0) is 28.4 Å². The number of hydrazine groups is 1. The Labute approximate surface area is 102 Å². The van der Waals surface area contributed by atoms with Crippen molar-refractivity contribution in [1.82, 2.24) is 10.4 Å². The van der Waals surface area contributed by atoms with E-state index >= 15 is 0 Å². The van der Waals surface area contributed by atoms with Gasteiger partial charge in [0.15, 0.2) is 6.10 Å². The van der Waals surface area contributed by atoms with Crippen LogP contribution in [0.15, 0.2) is 22.9 Å². The van der Waals surface area contributed by atoms with Crippen molar-refractivity contribution in [2.24, 2.45) is 5.84 Å². The fourth-order valence-corrected chi connectivity index (χ4v) is 1.56. The van der Waals surface area contributed by atoms with Crippen molar-refractivity contribution in [3.05, 3.63) is 22.9 Å². The molecule has 16 heavy (non-hydrogen) atoms. The minimum Gasteiger partial charge on any atom is -0.479 e. The van der Waals surface area contributed by atoms with E-state index in [2.05, 4.69) is 26.3 Å². The quantitative estimate of drug-likeness (QED) is 0.487. The van der Waals surface area contributed by atoms with E-state index in [0.717, 1.165) is 10.9 Å². The van der Waals surface area contributed by atoms with Gasteiger partial charge in [0.2, 0.25) is 0 Å². The van der Waals surface area contributed by atoms with Crippen LogP contribution in [0.5, 0.6) is 5.75 Å². The molecule has 5 nitrogen and oxygen atoms in total. The van der Waals surface area contributed by atoms with Crippen LogP contribution in [0.4, 0.5) is 0 Å². The molecule has 88 valence electrons. The predicted octanol–water partition coefficient (Wildman–Crippen LogP) is 1.38. The van der Waals surface area contributed by atoms with Gasteiger partial charge in [0, 0.05) is 10.7 Å².